The average molecular weight is 404 g/mol. The number of hydrazone groups is 1. The predicted octanol–water partition coefficient (Wildman–Crippen LogP) is 2.39. The van der Waals surface area contributed by atoms with Gasteiger partial charge in [-0.15, -0.1) is 0 Å². The molecule has 0 saturated carbocycles. The number of nitrogens with one attached hydrogen (secondary N) is 1. The summed E-state index contributed by atoms with van der Waals surface area (Å²) in [6.07, 6.45) is 1.16. The molecule has 0 bridgehead atoms. The van der Waals surface area contributed by atoms with E-state index in [9.17, 15) is 23.3 Å². The summed E-state index contributed by atoms with van der Waals surface area (Å²) in [5, 5.41) is 14.7. The maximum atomic E-state index is 12.6. The molecule has 28 heavy (non-hydrogen) atoms. The second kappa shape index (κ2) is 9.20. The van der Waals surface area contributed by atoms with Gasteiger partial charge in [0.15, 0.2) is 0 Å². The molecule has 0 aliphatic carbocycles. The second-order valence-corrected chi connectivity index (χ2v) is 7.57. The Balaban J connectivity index is 2.19. The summed E-state index contributed by atoms with van der Waals surface area (Å²) in [6, 6.07) is 11.6. The fourth-order valence-electron chi connectivity index (χ4n) is 2.50. The van der Waals surface area contributed by atoms with Crippen LogP contribution in [0.4, 0.5) is 5.69 Å². The van der Waals surface area contributed by atoms with Crippen molar-refractivity contribution in [2.75, 3.05) is 13.1 Å². The molecule has 0 unspecified atom stereocenters. The largest absolute Gasteiger partial charge is 0.278 e. The van der Waals surface area contributed by atoms with Crippen molar-refractivity contribution in [3.05, 3.63) is 69.8 Å². The highest BCUT2D eigenvalue weighted by atomic mass is 32.2. The normalized spacial score (nSPS) is 11.7. The van der Waals surface area contributed by atoms with Crippen molar-refractivity contribution in [2.45, 2.75) is 18.7 Å². The summed E-state index contributed by atoms with van der Waals surface area (Å²) < 4.78 is 26.4. The molecule has 0 saturated heterocycles. The lowest BCUT2D eigenvalue weighted by molar-refractivity contribution is -0.385. The number of nitro groups is 1. The minimum absolute atomic E-state index is 0.00604. The number of nitrogens with zero attached hydrogens (tertiary/aromatic N) is 3. The standard InChI is InChI=1S/C18H20N4O5S/c1-3-21(4-2)28(26,27)16-10-7-9-14(12-16)18(23)20-19-13-15-8-5-6-11-17(15)22(24)25/h5-13H,3-4H2,1-2H3,(H,20,23)/b19-13-. The molecule has 10 heteroatoms. The van der Waals surface area contributed by atoms with Gasteiger partial charge in [0.1, 0.15) is 0 Å². The molecule has 0 radical (unpaired) electrons. The van der Waals surface area contributed by atoms with Crippen molar-refractivity contribution in [3.8, 4) is 0 Å². The highest BCUT2D eigenvalue weighted by Crippen LogP contribution is 2.17. The first-order valence-electron chi connectivity index (χ1n) is 8.48. The van der Waals surface area contributed by atoms with Gasteiger partial charge in [-0.05, 0) is 24.3 Å². The third-order valence-corrected chi connectivity index (χ3v) is 5.99. The number of rotatable bonds is 8. The lowest BCUT2D eigenvalue weighted by atomic mass is 10.2. The van der Waals surface area contributed by atoms with Gasteiger partial charge in [-0.3, -0.25) is 14.9 Å². The van der Waals surface area contributed by atoms with E-state index in [4.69, 9.17) is 0 Å². The van der Waals surface area contributed by atoms with Gasteiger partial charge in [-0.1, -0.05) is 32.0 Å². The first kappa shape index (κ1) is 21.2. The quantitative estimate of drug-likeness (QED) is 0.411. The van der Waals surface area contributed by atoms with Gasteiger partial charge in [-0.2, -0.15) is 9.41 Å². The van der Waals surface area contributed by atoms with Gasteiger partial charge in [0.05, 0.1) is 21.6 Å². The lowest BCUT2D eigenvalue weighted by Gasteiger charge is -2.18. The van der Waals surface area contributed by atoms with E-state index in [1.165, 1.54) is 46.8 Å². The average Bonchev–Trinajstić information content (AvgIpc) is 2.69. The minimum atomic E-state index is -3.70. The number of amides is 1. The molecule has 0 aliphatic heterocycles. The number of carbonyl (C=O) groups is 1. The Kier molecular flexibility index (Phi) is 6.96. The lowest BCUT2D eigenvalue weighted by Crippen LogP contribution is -2.30. The molecule has 0 aliphatic rings. The molecule has 1 N–H and O–H groups in total. The maximum Gasteiger partial charge on any atom is 0.278 e. The van der Waals surface area contributed by atoms with Gasteiger partial charge in [0.2, 0.25) is 10.0 Å². The van der Waals surface area contributed by atoms with Crippen LogP contribution in [0.15, 0.2) is 58.5 Å². The van der Waals surface area contributed by atoms with Crippen LogP contribution in [0.1, 0.15) is 29.8 Å². The van der Waals surface area contributed by atoms with E-state index in [0.717, 1.165) is 6.21 Å². The van der Waals surface area contributed by atoms with E-state index in [1.54, 1.807) is 19.9 Å². The van der Waals surface area contributed by atoms with Crippen molar-refractivity contribution in [3.63, 3.8) is 0 Å². The Labute approximate surface area is 162 Å². The molecular weight excluding hydrogens is 384 g/mol. The van der Waals surface area contributed by atoms with E-state index in [0.29, 0.717) is 13.1 Å². The van der Waals surface area contributed by atoms with Crippen molar-refractivity contribution in [1.29, 1.82) is 0 Å². The summed E-state index contributed by atoms with van der Waals surface area (Å²) in [4.78, 5) is 22.7. The number of nitro benzene ring substituents is 1. The van der Waals surface area contributed by atoms with Crippen LogP contribution in [0, 0.1) is 10.1 Å². The van der Waals surface area contributed by atoms with Crippen LogP contribution in [0.2, 0.25) is 0 Å². The molecule has 0 aromatic heterocycles. The third-order valence-electron chi connectivity index (χ3n) is 3.94. The fourth-order valence-corrected chi connectivity index (χ4v) is 4.00. The van der Waals surface area contributed by atoms with E-state index >= 15 is 0 Å². The van der Waals surface area contributed by atoms with Crippen molar-refractivity contribution in [1.82, 2.24) is 9.73 Å². The van der Waals surface area contributed by atoms with Gasteiger partial charge in [-0.25, -0.2) is 13.8 Å². The van der Waals surface area contributed by atoms with Gasteiger partial charge in [0.25, 0.3) is 11.6 Å². The zero-order chi connectivity index (χ0) is 20.7. The zero-order valence-corrected chi connectivity index (χ0v) is 16.2. The third kappa shape index (κ3) is 4.78. The van der Waals surface area contributed by atoms with Crippen LogP contribution in [0.25, 0.3) is 0 Å². The fraction of sp³-hybridized carbons (Fsp3) is 0.222. The Morgan fingerprint density at radius 1 is 1.18 bits per heavy atom. The van der Waals surface area contributed by atoms with Crippen LogP contribution in [-0.2, 0) is 10.0 Å². The zero-order valence-electron chi connectivity index (χ0n) is 15.4. The molecule has 2 aromatic rings. The Bertz CT molecular complexity index is 1000. The SMILES string of the molecule is CCN(CC)S(=O)(=O)c1cccc(C(=O)N/N=C\c2ccccc2[N+](=O)[O-])c1. The van der Waals surface area contributed by atoms with Crippen molar-refractivity contribution < 1.29 is 18.1 Å². The van der Waals surface area contributed by atoms with E-state index < -0.39 is 20.9 Å². The number of hydrogen-bond donors (Lipinski definition) is 1. The smallest absolute Gasteiger partial charge is 0.267 e. The first-order chi connectivity index (χ1) is 13.3. The van der Waals surface area contributed by atoms with Crippen molar-refractivity contribution in [2.24, 2.45) is 5.10 Å². The predicted molar refractivity (Wildman–Crippen MR) is 105 cm³/mol. The number of para-hydroxylation sites is 1. The molecule has 2 aromatic carbocycles. The molecule has 1 amide bonds. The molecule has 0 heterocycles. The number of benzene rings is 2. The van der Waals surface area contributed by atoms with Gasteiger partial charge < -0.3 is 0 Å². The van der Waals surface area contributed by atoms with E-state index in [1.807, 2.05) is 0 Å². The number of sulfonamides is 1. The molecule has 9 nitrogen and oxygen atoms in total. The molecule has 0 spiro atoms. The highest BCUT2D eigenvalue weighted by Gasteiger charge is 2.22. The Hall–Kier alpha value is -3.11. The summed E-state index contributed by atoms with van der Waals surface area (Å²) in [6.45, 7) is 4.09. The molecule has 0 fully saturated rings. The Morgan fingerprint density at radius 2 is 1.86 bits per heavy atom. The molecule has 2 rings (SSSR count). The summed E-state index contributed by atoms with van der Waals surface area (Å²) in [5.41, 5.74) is 2.44. The number of hydrogen-bond acceptors (Lipinski definition) is 6. The van der Waals surface area contributed by atoms with Crippen molar-refractivity contribution >= 4 is 27.8 Å². The molecule has 148 valence electrons. The van der Waals surface area contributed by atoms with Crippen LogP contribution in [0.5, 0.6) is 0 Å². The summed E-state index contributed by atoms with van der Waals surface area (Å²) >= 11 is 0. The minimum Gasteiger partial charge on any atom is -0.267 e. The topological polar surface area (TPSA) is 122 Å². The van der Waals surface area contributed by atoms with E-state index in [-0.39, 0.29) is 21.7 Å². The van der Waals surface area contributed by atoms with Crippen LogP contribution < -0.4 is 5.43 Å². The Morgan fingerprint density at radius 3 is 2.50 bits per heavy atom. The van der Waals surface area contributed by atoms with Gasteiger partial charge in [0, 0.05) is 24.7 Å². The van der Waals surface area contributed by atoms with Crippen LogP contribution in [-0.4, -0.2) is 42.9 Å². The second-order valence-electron chi connectivity index (χ2n) is 5.63. The number of carbonyl (C=O) groups excluding carboxylic acids is 1. The monoisotopic (exact) mass is 404 g/mol. The summed E-state index contributed by atoms with van der Waals surface area (Å²) in [5.74, 6) is -0.633. The van der Waals surface area contributed by atoms with Gasteiger partial charge >= 0.3 is 0 Å². The molecular formula is C18H20N4O5S. The first-order valence-corrected chi connectivity index (χ1v) is 9.92. The highest BCUT2D eigenvalue weighted by molar-refractivity contribution is 7.89. The van der Waals surface area contributed by atoms with Crippen LogP contribution >= 0.6 is 0 Å². The maximum absolute atomic E-state index is 12.6. The van der Waals surface area contributed by atoms with Crippen LogP contribution in [0.3, 0.4) is 0 Å². The molecule has 0 atom stereocenters. The summed E-state index contributed by atoms with van der Waals surface area (Å²) in [7, 11) is -3.70. The van der Waals surface area contributed by atoms with E-state index in [2.05, 4.69) is 10.5 Å².